The van der Waals surface area contributed by atoms with Crippen molar-refractivity contribution >= 4 is 27.6 Å². The van der Waals surface area contributed by atoms with Crippen LogP contribution in [0.15, 0.2) is 0 Å². The minimum absolute atomic E-state index is 0.119. The number of carbonyl (C=O) groups excluding carboxylic acids is 1. The lowest BCUT2D eigenvalue weighted by atomic mass is 9.92. The van der Waals surface area contributed by atoms with E-state index in [9.17, 15) is 13.2 Å². The van der Waals surface area contributed by atoms with Gasteiger partial charge in [-0.05, 0) is 31.6 Å². The number of esters is 1. The highest BCUT2D eigenvalue weighted by Gasteiger charge is 2.66. The second-order valence-corrected chi connectivity index (χ2v) is 8.37. The molecule has 2 bridgehead atoms. The van der Waals surface area contributed by atoms with E-state index in [1.165, 1.54) is 4.31 Å². The van der Waals surface area contributed by atoms with Gasteiger partial charge in [0.15, 0.2) is 0 Å². The van der Waals surface area contributed by atoms with Gasteiger partial charge in [-0.2, -0.15) is 4.31 Å². The molecule has 0 aromatic heterocycles. The van der Waals surface area contributed by atoms with E-state index in [0.717, 1.165) is 6.42 Å². The van der Waals surface area contributed by atoms with Crippen molar-refractivity contribution in [2.24, 2.45) is 11.8 Å². The van der Waals surface area contributed by atoms with Gasteiger partial charge < -0.3 is 4.74 Å². The number of alkyl halides is 1. The Morgan fingerprint density at radius 3 is 2.72 bits per heavy atom. The largest absolute Gasteiger partial charge is 0.459 e. The summed E-state index contributed by atoms with van der Waals surface area (Å²) in [5, 5.41) is -0.955. The molecule has 0 amide bonds. The summed E-state index contributed by atoms with van der Waals surface area (Å²) in [4.78, 5) is 11.6. The second kappa shape index (κ2) is 3.84. The summed E-state index contributed by atoms with van der Waals surface area (Å²) in [5.41, 5.74) is 0. The van der Waals surface area contributed by atoms with Crippen LogP contribution in [-0.4, -0.2) is 48.5 Å². The van der Waals surface area contributed by atoms with Gasteiger partial charge in [0.1, 0.15) is 11.5 Å². The Bertz CT molecular complexity index is 491. The van der Waals surface area contributed by atoms with Gasteiger partial charge in [-0.15, -0.1) is 11.6 Å². The molecule has 0 aromatic carbocycles. The predicted octanol–water partition coefficient (Wildman–Crippen LogP) is 0.578. The van der Waals surface area contributed by atoms with Crippen LogP contribution in [0.1, 0.15) is 19.8 Å². The molecular formula is C11H16ClNO4S. The lowest BCUT2D eigenvalue weighted by Crippen LogP contribution is -2.43. The minimum atomic E-state index is -3.19. The molecule has 3 fully saturated rings. The molecule has 1 saturated heterocycles. The number of ether oxygens (including phenoxy) is 1. The van der Waals surface area contributed by atoms with Gasteiger partial charge in [0.2, 0.25) is 10.0 Å². The third-order valence-corrected chi connectivity index (χ3v) is 7.14. The fraction of sp³-hybridized carbons (Fsp3) is 0.909. The van der Waals surface area contributed by atoms with Crippen molar-refractivity contribution in [1.82, 2.24) is 4.31 Å². The first kappa shape index (κ1) is 12.7. The van der Waals surface area contributed by atoms with Gasteiger partial charge in [0, 0.05) is 7.05 Å². The van der Waals surface area contributed by atoms with Crippen molar-refractivity contribution in [2.75, 3.05) is 7.05 Å². The summed E-state index contributed by atoms with van der Waals surface area (Å²) >= 11 is 5.70. The lowest BCUT2D eigenvalue weighted by molar-refractivity contribution is -0.152. The Hall–Kier alpha value is -0.330. The van der Waals surface area contributed by atoms with Crippen LogP contribution >= 0.6 is 11.6 Å². The van der Waals surface area contributed by atoms with Gasteiger partial charge in [0.25, 0.3) is 0 Å². The molecule has 6 atom stereocenters. The number of fused-ring (bicyclic) bond motifs is 1. The van der Waals surface area contributed by atoms with E-state index in [-0.39, 0.29) is 29.2 Å². The Morgan fingerprint density at radius 1 is 1.44 bits per heavy atom. The predicted molar refractivity (Wildman–Crippen MR) is 65.7 cm³/mol. The topological polar surface area (TPSA) is 63.7 Å². The van der Waals surface area contributed by atoms with Gasteiger partial charge in [-0.25, -0.2) is 8.42 Å². The number of likely N-dealkylation sites (N-methyl/N-ethyl adjacent to an activating group) is 1. The molecule has 1 aliphatic heterocycles. The van der Waals surface area contributed by atoms with E-state index in [4.69, 9.17) is 16.3 Å². The molecular weight excluding hydrogens is 278 g/mol. The molecule has 3 rings (SSSR count). The molecule has 2 aliphatic carbocycles. The summed E-state index contributed by atoms with van der Waals surface area (Å²) in [5.74, 6) is -0.166. The van der Waals surface area contributed by atoms with Crippen LogP contribution in [0.3, 0.4) is 0 Å². The maximum Gasteiger partial charge on any atom is 0.324 e. The molecule has 3 aliphatic rings. The molecule has 0 N–H and O–H groups in total. The van der Waals surface area contributed by atoms with Gasteiger partial charge in [0.05, 0.1) is 11.3 Å². The van der Waals surface area contributed by atoms with Crippen LogP contribution in [0.5, 0.6) is 0 Å². The molecule has 0 spiro atoms. The monoisotopic (exact) mass is 293 g/mol. The fourth-order valence-electron chi connectivity index (χ4n) is 3.82. The number of hydrogen-bond donors (Lipinski definition) is 0. The van der Waals surface area contributed by atoms with Crippen LogP contribution in [0.25, 0.3) is 0 Å². The zero-order valence-electron chi connectivity index (χ0n) is 10.2. The van der Waals surface area contributed by atoms with Gasteiger partial charge >= 0.3 is 5.97 Å². The van der Waals surface area contributed by atoms with Crippen LogP contribution in [0, 0.1) is 11.8 Å². The highest BCUT2D eigenvalue weighted by molar-refractivity contribution is 7.90. The van der Waals surface area contributed by atoms with Crippen molar-refractivity contribution < 1.29 is 17.9 Å². The maximum atomic E-state index is 12.1. The molecule has 7 heteroatoms. The zero-order valence-corrected chi connectivity index (χ0v) is 11.8. The highest BCUT2D eigenvalue weighted by atomic mass is 35.5. The van der Waals surface area contributed by atoms with Crippen molar-refractivity contribution in [3.8, 4) is 0 Å². The molecule has 0 aromatic rings. The van der Waals surface area contributed by atoms with Crippen LogP contribution in [0.2, 0.25) is 0 Å². The average molecular weight is 294 g/mol. The quantitative estimate of drug-likeness (QED) is 0.552. The van der Waals surface area contributed by atoms with E-state index in [2.05, 4.69) is 0 Å². The van der Waals surface area contributed by atoms with E-state index in [0.29, 0.717) is 6.42 Å². The van der Waals surface area contributed by atoms with Crippen LogP contribution < -0.4 is 0 Å². The molecule has 2 saturated carbocycles. The SMILES string of the molecule is CC(Cl)C(=O)OC1C2CC3C1N(C)S(=O)(=O)C3C2. The van der Waals surface area contributed by atoms with Crippen molar-refractivity contribution in [2.45, 2.75) is 42.5 Å². The third-order valence-electron chi connectivity index (χ3n) is 4.61. The Labute approximate surface area is 111 Å². The minimum Gasteiger partial charge on any atom is -0.459 e. The molecule has 6 unspecified atom stereocenters. The maximum absolute atomic E-state index is 12.1. The number of halogens is 1. The Balaban J connectivity index is 1.87. The van der Waals surface area contributed by atoms with Crippen LogP contribution in [0.4, 0.5) is 0 Å². The molecule has 102 valence electrons. The van der Waals surface area contributed by atoms with E-state index in [1.54, 1.807) is 14.0 Å². The van der Waals surface area contributed by atoms with E-state index < -0.39 is 21.4 Å². The molecule has 5 nitrogen and oxygen atoms in total. The number of carbonyl (C=O) groups is 1. The molecule has 1 heterocycles. The number of hydrogen-bond acceptors (Lipinski definition) is 4. The first-order chi connectivity index (χ1) is 8.34. The first-order valence-electron chi connectivity index (χ1n) is 6.15. The summed E-state index contributed by atoms with van der Waals surface area (Å²) in [6.45, 7) is 1.56. The highest BCUT2D eigenvalue weighted by Crippen LogP contribution is 2.56. The average Bonchev–Trinajstić information content (AvgIpc) is 2.88. The number of nitrogens with zero attached hydrogens (tertiary/aromatic N) is 1. The lowest BCUT2D eigenvalue weighted by Gasteiger charge is -2.28. The zero-order chi connectivity index (χ0) is 13.2. The Kier molecular flexibility index (Phi) is 2.70. The van der Waals surface area contributed by atoms with Gasteiger partial charge in [-0.1, -0.05) is 0 Å². The van der Waals surface area contributed by atoms with Crippen molar-refractivity contribution in [1.29, 1.82) is 0 Å². The van der Waals surface area contributed by atoms with E-state index >= 15 is 0 Å². The summed E-state index contributed by atoms with van der Waals surface area (Å²) in [6.07, 6.45) is 1.14. The second-order valence-electron chi connectivity index (χ2n) is 5.50. The van der Waals surface area contributed by atoms with Gasteiger partial charge in [-0.3, -0.25) is 4.79 Å². The summed E-state index contributed by atoms with van der Waals surface area (Å²) in [6, 6.07) is -0.182. The summed E-state index contributed by atoms with van der Waals surface area (Å²) < 4.78 is 31.1. The van der Waals surface area contributed by atoms with E-state index in [1.807, 2.05) is 0 Å². The van der Waals surface area contributed by atoms with Crippen LogP contribution in [-0.2, 0) is 19.6 Å². The third kappa shape index (κ3) is 1.48. The Morgan fingerprint density at radius 2 is 2.11 bits per heavy atom. The smallest absolute Gasteiger partial charge is 0.324 e. The van der Waals surface area contributed by atoms with Crippen molar-refractivity contribution in [3.05, 3.63) is 0 Å². The fourth-order valence-corrected chi connectivity index (χ4v) is 6.12. The standard InChI is InChI=1S/C11H16ClNO4S/c1-5(12)11(14)17-10-6-3-7-8(4-6)18(15,16)13(2)9(7)10/h5-10H,3-4H2,1-2H3. The number of rotatable bonds is 2. The molecule has 0 radical (unpaired) electrons. The van der Waals surface area contributed by atoms with Crippen molar-refractivity contribution in [3.63, 3.8) is 0 Å². The first-order valence-corrected chi connectivity index (χ1v) is 8.09. The summed E-state index contributed by atoms with van der Waals surface area (Å²) in [7, 11) is -1.60. The number of sulfonamides is 1. The molecule has 18 heavy (non-hydrogen) atoms. The normalized spacial score (nSPS) is 46.3.